The van der Waals surface area contributed by atoms with Gasteiger partial charge in [-0.2, -0.15) is 0 Å². The first-order chi connectivity index (χ1) is 40.9. The predicted molar refractivity (Wildman–Crippen MR) is 333 cm³/mol. The Hall–Kier alpha value is -7.59. The summed E-state index contributed by atoms with van der Waals surface area (Å²) in [5, 5.41) is 35.4. The number of alkyl carbamates (subject to hydrolysis) is 1. The van der Waals surface area contributed by atoms with E-state index in [4.69, 9.17) is 19.9 Å². The number of hydrogen-bond acceptors (Lipinski definition) is 16. The number of carbonyl (C=O) groups excluding carboxylic acids is 10. The van der Waals surface area contributed by atoms with Crippen molar-refractivity contribution in [2.24, 2.45) is 5.73 Å². The molecule has 2 aromatic carbocycles. The normalized spacial score (nSPS) is 21.3. The van der Waals surface area contributed by atoms with Gasteiger partial charge < -0.3 is 77.9 Å². The van der Waals surface area contributed by atoms with E-state index in [0.29, 0.717) is 28.7 Å². The van der Waals surface area contributed by atoms with E-state index in [1.54, 1.807) is 99.7 Å². The first kappa shape index (κ1) is 72.9. The zero-order chi connectivity index (χ0) is 66.1. The van der Waals surface area contributed by atoms with E-state index in [2.05, 4.69) is 52.8 Å². The number of aromatic amines is 1. The topological polar surface area (TPSA) is 386 Å². The average molecular weight is 1270 g/mol. The minimum Gasteiger partial charge on any atom is -0.492 e. The Morgan fingerprint density at radius 2 is 1.34 bits per heavy atom. The number of primary amides is 1. The zero-order valence-electron chi connectivity index (χ0n) is 52.7. The Morgan fingerprint density at radius 1 is 0.727 bits per heavy atom. The predicted octanol–water partition coefficient (Wildman–Crippen LogP) is 3.00. The van der Waals surface area contributed by atoms with Crippen molar-refractivity contribution in [2.45, 2.75) is 205 Å². The summed E-state index contributed by atoms with van der Waals surface area (Å²) in [6.45, 7) is 22.9. The number of benzene rings is 2. The van der Waals surface area contributed by atoms with Gasteiger partial charge >= 0.3 is 12.1 Å². The van der Waals surface area contributed by atoms with Gasteiger partial charge in [-0.25, -0.2) is 9.59 Å². The van der Waals surface area contributed by atoms with Crippen molar-refractivity contribution in [2.75, 3.05) is 19.7 Å². The van der Waals surface area contributed by atoms with E-state index in [0.717, 1.165) is 39.6 Å². The van der Waals surface area contributed by atoms with Gasteiger partial charge in [0.05, 0.1) is 24.7 Å². The highest BCUT2D eigenvalue weighted by Gasteiger charge is 2.46. The number of aliphatic carboxylic acids is 1. The first-order valence-electron chi connectivity index (χ1n) is 29.0. The number of carbonyl (C=O) groups is 11. The number of H-pyrrole nitrogens is 1. The third kappa shape index (κ3) is 23.5. The number of nitrogens with two attached hydrogens (primary N) is 1. The molecule has 1 unspecified atom stereocenters. The molecule has 8 atom stereocenters. The van der Waals surface area contributed by atoms with Gasteiger partial charge in [-0.1, -0.05) is 51.9 Å². The van der Waals surface area contributed by atoms with Gasteiger partial charge in [-0.15, -0.1) is 0 Å². The van der Waals surface area contributed by atoms with E-state index in [1.807, 2.05) is 25.1 Å². The smallest absolute Gasteiger partial charge is 0.407 e. The van der Waals surface area contributed by atoms with Crippen LogP contribution >= 0.6 is 21.6 Å². The number of amides is 10. The molecule has 1 aliphatic rings. The van der Waals surface area contributed by atoms with Gasteiger partial charge in [0.2, 0.25) is 53.2 Å². The van der Waals surface area contributed by atoms with Crippen LogP contribution in [-0.2, 0) is 70.3 Å². The standard InChI is InChI=1S/C60H89N11O15S2/c1-32-18-17-19-39-37(31-64-45(32)39)29-41-50(76)66-40(20-15-16-25-62-34(3)72)49(75)71-48(54(80)69-43(55(81)82)28-36-21-23-38(24-22-36)84-27-26-63-56(83)86-58(8,9)10)60(13,14)88-87-59(11,12)47(65-35(4)73)53(79)68-42(30-44(61)74)51(77)70-46(52(78)67-41)33(2)85-57(5,6)7/h17-19,21-24,31,33,40-43,46-48,64H,15-16,20,25-30H2,1-14H3,(H2,61,74)(H,62,72)(H,63,83)(H,65,73)(H,66,76)(H,67,78)(H,68,79)(H,69,80)(H,70,77)(H,71,75)(H,81,82)/t33-,40+,41+,42+,43+,46+,47-,48?/m1/s1. The van der Waals surface area contributed by atoms with Crippen molar-refractivity contribution >= 4 is 97.7 Å². The monoisotopic (exact) mass is 1270 g/mol. The molecule has 28 heteroatoms. The second-order valence-electron chi connectivity index (χ2n) is 24.7. The molecule has 1 aromatic heterocycles. The van der Waals surface area contributed by atoms with Crippen LogP contribution < -0.4 is 58.3 Å². The van der Waals surface area contributed by atoms with Crippen LogP contribution in [0.25, 0.3) is 10.9 Å². The fourth-order valence-electron chi connectivity index (χ4n) is 9.36. The Kier molecular flexibility index (Phi) is 26.5. The molecule has 4 rings (SSSR count). The van der Waals surface area contributed by atoms with Crippen LogP contribution in [0.15, 0.2) is 48.7 Å². The third-order valence-corrected chi connectivity index (χ3v) is 17.9. The molecular weight excluding hydrogens is 1180 g/mol. The first-order valence-corrected chi connectivity index (χ1v) is 31.1. The Morgan fingerprint density at radius 3 is 1.94 bits per heavy atom. The van der Waals surface area contributed by atoms with Crippen LogP contribution in [0.2, 0.25) is 0 Å². The summed E-state index contributed by atoms with van der Waals surface area (Å²) >= 11 is 0. The molecule has 13 N–H and O–H groups in total. The summed E-state index contributed by atoms with van der Waals surface area (Å²) in [5.74, 6) is -8.75. The second-order valence-corrected chi connectivity index (χ2v) is 28.2. The number of aryl methyl sites for hydroxylation is 1. The number of aromatic nitrogens is 1. The number of hydrogen-bond donors (Lipinski definition) is 12. The molecule has 1 fully saturated rings. The van der Waals surface area contributed by atoms with Crippen molar-refractivity contribution in [3.8, 4) is 5.75 Å². The molecule has 1 aliphatic heterocycles. The van der Waals surface area contributed by atoms with Crippen molar-refractivity contribution in [1.29, 1.82) is 0 Å². The summed E-state index contributed by atoms with van der Waals surface area (Å²) in [7, 11) is 1.97. The maximum atomic E-state index is 15.2. The Bertz CT molecular complexity index is 3000. The maximum absolute atomic E-state index is 15.2. The lowest BCUT2D eigenvalue weighted by atomic mass is 9.98. The molecule has 2 heterocycles. The fourth-order valence-corrected chi connectivity index (χ4v) is 12.2. The molecule has 0 saturated carbocycles. The van der Waals surface area contributed by atoms with Gasteiger partial charge in [0.1, 0.15) is 60.3 Å². The highest BCUT2D eigenvalue weighted by Crippen LogP contribution is 2.47. The maximum Gasteiger partial charge on any atom is 0.407 e. The summed E-state index contributed by atoms with van der Waals surface area (Å²) in [6.07, 6.45) is -0.865. The second kappa shape index (κ2) is 32.1. The van der Waals surface area contributed by atoms with Crippen LogP contribution in [0.3, 0.4) is 0 Å². The van der Waals surface area contributed by atoms with Crippen LogP contribution in [0.4, 0.5) is 4.79 Å². The highest BCUT2D eigenvalue weighted by atomic mass is 33.1. The SMILES string of the molecule is CC(=O)NCCCC[C@@H]1NC(=O)[C@H](Cc2c[nH]c3c(C)cccc23)NC(=O)[C@H]([C@@H](C)OC(C)(C)C)NC(=O)[C@H](CC(N)=O)NC(=O)[C@@H](NC(C)=O)C(C)(C)SSC(C)(C)C(C(=O)N[C@@H](Cc2ccc(OCCNC(=O)OC(C)(C)C)cc2)C(=O)O)NC1=O. The van der Waals surface area contributed by atoms with Crippen molar-refractivity contribution in [1.82, 2.24) is 52.8 Å². The zero-order valence-corrected chi connectivity index (χ0v) is 54.3. The van der Waals surface area contributed by atoms with E-state index in [-0.39, 0.29) is 51.3 Å². The number of fused-ring (bicyclic) bond motifs is 1. The molecule has 1 saturated heterocycles. The van der Waals surface area contributed by atoms with E-state index < -0.39 is 135 Å². The lowest BCUT2D eigenvalue weighted by Crippen LogP contribution is -2.64. The minimum atomic E-state index is -1.75. The van der Waals surface area contributed by atoms with E-state index in [9.17, 15) is 43.5 Å². The minimum absolute atomic E-state index is 0.0803. The van der Waals surface area contributed by atoms with Gasteiger partial charge in [-0.3, -0.25) is 43.2 Å². The van der Waals surface area contributed by atoms with Crippen LogP contribution in [0, 0.1) is 6.92 Å². The summed E-state index contributed by atoms with van der Waals surface area (Å²) in [6, 6.07) is 0.776. The fraction of sp³-hybridized carbons (Fsp3) is 0.583. The Labute approximate surface area is 521 Å². The number of carboxylic acids is 1. The molecule has 486 valence electrons. The molecule has 26 nitrogen and oxygen atoms in total. The summed E-state index contributed by atoms with van der Waals surface area (Å²) in [4.78, 5) is 155. The van der Waals surface area contributed by atoms with Crippen LogP contribution in [-0.4, -0.2) is 164 Å². The number of nitrogens with one attached hydrogen (secondary N) is 10. The highest BCUT2D eigenvalue weighted by molar-refractivity contribution is 8.77. The van der Waals surface area contributed by atoms with Crippen molar-refractivity contribution in [3.63, 3.8) is 0 Å². The summed E-state index contributed by atoms with van der Waals surface area (Å²) < 4.78 is 14.3. The van der Waals surface area contributed by atoms with E-state index in [1.165, 1.54) is 13.8 Å². The quantitative estimate of drug-likeness (QED) is 0.0539. The van der Waals surface area contributed by atoms with Crippen molar-refractivity contribution < 1.29 is 72.1 Å². The van der Waals surface area contributed by atoms with Gasteiger partial charge in [-0.05, 0) is 131 Å². The molecular formula is C60H89N11O15S2. The number of ether oxygens (including phenoxy) is 3. The number of unbranched alkanes of at least 4 members (excludes halogenated alkanes) is 1. The number of para-hydroxylation sites is 1. The van der Waals surface area contributed by atoms with Gasteiger partial charge in [0.25, 0.3) is 0 Å². The lowest BCUT2D eigenvalue weighted by molar-refractivity contribution is -0.142. The van der Waals surface area contributed by atoms with Crippen LogP contribution in [0.1, 0.15) is 132 Å². The largest absolute Gasteiger partial charge is 0.492 e. The average Bonchev–Trinajstić information content (AvgIpc) is 3.82. The molecule has 3 aromatic rings. The van der Waals surface area contributed by atoms with Gasteiger partial charge in [0, 0.05) is 59.8 Å². The van der Waals surface area contributed by atoms with E-state index >= 15 is 14.4 Å². The molecule has 0 radical (unpaired) electrons. The van der Waals surface area contributed by atoms with Crippen LogP contribution in [0.5, 0.6) is 5.75 Å². The van der Waals surface area contributed by atoms with Crippen molar-refractivity contribution in [3.05, 3.63) is 65.4 Å². The number of carboxylic acid groups (broad SMARTS) is 1. The molecule has 0 spiro atoms. The Balaban J connectivity index is 1.87. The third-order valence-electron chi connectivity index (χ3n) is 13.7. The summed E-state index contributed by atoms with van der Waals surface area (Å²) in [5.41, 5.74) is 6.69. The molecule has 0 aliphatic carbocycles. The molecule has 0 bridgehead atoms. The lowest BCUT2D eigenvalue weighted by Gasteiger charge is -2.39. The van der Waals surface area contributed by atoms with Gasteiger partial charge in [0.15, 0.2) is 0 Å². The number of rotatable bonds is 21. The molecule has 10 amide bonds. The molecule has 88 heavy (non-hydrogen) atoms.